The molecule has 2 aromatic carbocycles. The van der Waals surface area contributed by atoms with Gasteiger partial charge in [0.05, 0.1) is 24.3 Å². The maximum Gasteiger partial charge on any atom is 0.417 e. The highest BCUT2D eigenvalue weighted by molar-refractivity contribution is 5.96. The second-order valence-electron chi connectivity index (χ2n) is 4.98. The summed E-state index contributed by atoms with van der Waals surface area (Å²) in [7, 11) is 1.49. The number of hydrogen-bond acceptors (Lipinski definition) is 2. The molecule has 3 nitrogen and oxygen atoms in total. The molecule has 0 aliphatic carbocycles. The lowest BCUT2D eigenvalue weighted by molar-refractivity contribution is -0.137. The van der Waals surface area contributed by atoms with Crippen LogP contribution in [0.3, 0.4) is 0 Å². The summed E-state index contributed by atoms with van der Waals surface area (Å²) < 4.78 is 44.2. The van der Waals surface area contributed by atoms with Crippen molar-refractivity contribution in [1.82, 2.24) is 5.32 Å². The van der Waals surface area contributed by atoms with Crippen LogP contribution in [0.1, 0.15) is 34.5 Å². The maximum atomic E-state index is 13.0. The van der Waals surface area contributed by atoms with Gasteiger partial charge < -0.3 is 10.1 Å². The van der Waals surface area contributed by atoms with Crippen molar-refractivity contribution in [2.45, 2.75) is 19.1 Å². The summed E-state index contributed by atoms with van der Waals surface area (Å²) in [6.45, 7) is 1.69. The van der Waals surface area contributed by atoms with Crippen molar-refractivity contribution in [3.63, 3.8) is 0 Å². The van der Waals surface area contributed by atoms with E-state index in [9.17, 15) is 18.0 Å². The number of rotatable bonds is 4. The zero-order valence-corrected chi connectivity index (χ0v) is 12.6. The maximum absolute atomic E-state index is 13.0. The molecule has 23 heavy (non-hydrogen) atoms. The van der Waals surface area contributed by atoms with Crippen molar-refractivity contribution in [2.24, 2.45) is 0 Å². The molecule has 0 aliphatic heterocycles. The fourth-order valence-electron chi connectivity index (χ4n) is 2.30. The average molecular weight is 323 g/mol. The molecule has 0 bridgehead atoms. The number of ether oxygens (including phenoxy) is 1. The molecule has 0 aliphatic rings. The first-order chi connectivity index (χ1) is 10.8. The summed E-state index contributed by atoms with van der Waals surface area (Å²) >= 11 is 0. The lowest BCUT2D eigenvalue weighted by atomic mass is 10.0. The number of halogens is 3. The van der Waals surface area contributed by atoms with E-state index in [0.717, 1.165) is 12.1 Å². The monoisotopic (exact) mass is 323 g/mol. The topological polar surface area (TPSA) is 38.3 Å². The minimum atomic E-state index is -4.58. The Morgan fingerprint density at radius 1 is 1.09 bits per heavy atom. The molecule has 2 aromatic rings. The lowest BCUT2D eigenvalue weighted by Gasteiger charge is -2.19. The molecule has 0 radical (unpaired) electrons. The van der Waals surface area contributed by atoms with Crippen molar-refractivity contribution in [1.29, 1.82) is 0 Å². The van der Waals surface area contributed by atoms with Gasteiger partial charge in [0.25, 0.3) is 5.91 Å². The molecule has 0 unspecified atom stereocenters. The fraction of sp³-hybridized carbons (Fsp3) is 0.235. The van der Waals surface area contributed by atoms with Crippen molar-refractivity contribution in [3.05, 3.63) is 65.2 Å². The fourth-order valence-corrected chi connectivity index (χ4v) is 2.30. The van der Waals surface area contributed by atoms with Crippen LogP contribution in [0, 0.1) is 0 Å². The van der Waals surface area contributed by atoms with E-state index in [2.05, 4.69) is 5.32 Å². The first-order valence-electron chi connectivity index (χ1n) is 6.94. The van der Waals surface area contributed by atoms with E-state index in [0.29, 0.717) is 11.3 Å². The highest BCUT2D eigenvalue weighted by atomic mass is 19.4. The van der Waals surface area contributed by atoms with Crippen molar-refractivity contribution in [3.8, 4) is 5.75 Å². The van der Waals surface area contributed by atoms with Crippen LogP contribution in [0.4, 0.5) is 13.2 Å². The Labute approximate surface area is 132 Å². The molecule has 6 heteroatoms. The summed E-state index contributed by atoms with van der Waals surface area (Å²) in [6, 6.07) is 11.2. The molecular weight excluding hydrogens is 307 g/mol. The molecule has 0 aromatic heterocycles. The predicted octanol–water partition coefficient (Wildman–Crippen LogP) is 4.21. The van der Waals surface area contributed by atoms with E-state index in [1.54, 1.807) is 31.2 Å². The van der Waals surface area contributed by atoms with Crippen LogP contribution >= 0.6 is 0 Å². The Balaban J connectivity index is 2.26. The molecule has 0 heterocycles. The summed E-state index contributed by atoms with van der Waals surface area (Å²) in [5.74, 6) is -0.222. The van der Waals surface area contributed by atoms with Crippen LogP contribution in [0.25, 0.3) is 0 Å². The minimum absolute atomic E-state index is 0.401. The van der Waals surface area contributed by atoms with Gasteiger partial charge in [-0.05, 0) is 25.1 Å². The quantitative estimate of drug-likeness (QED) is 0.915. The van der Waals surface area contributed by atoms with Gasteiger partial charge in [-0.3, -0.25) is 4.79 Å². The molecule has 122 valence electrons. The largest absolute Gasteiger partial charge is 0.496 e. The number of hydrogen-bond donors (Lipinski definition) is 1. The van der Waals surface area contributed by atoms with Crippen LogP contribution < -0.4 is 10.1 Å². The summed E-state index contributed by atoms with van der Waals surface area (Å²) in [4.78, 5) is 12.2. The van der Waals surface area contributed by atoms with Crippen LogP contribution in [0.15, 0.2) is 48.5 Å². The number of para-hydroxylation sites is 1. The van der Waals surface area contributed by atoms with E-state index in [4.69, 9.17) is 4.74 Å². The van der Waals surface area contributed by atoms with E-state index < -0.39 is 29.3 Å². The average Bonchev–Trinajstić information content (AvgIpc) is 2.53. The van der Waals surface area contributed by atoms with Gasteiger partial charge in [-0.1, -0.05) is 30.3 Å². The third kappa shape index (κ3) is 3.83. The van der Waals surface area contributed by atoms with Crippen LogP contribution in [-0.4, -0.2) is 13.0 Å². The molecule has 0 saturated carbocycles. The van der Waals surface area contributed by atoms with E-state index in [-0.39, 0.29) is 0 Å². The second kappa shape index (κ2) is 6.73. The molecule has 0 fully saturated rings. The lowest BCUT2D eigenvalue weighted by Crippen LogP contribution is -2.29. The smallest absolute Gasteiger partial charge is 0.417 e. The van der Waals surface area contributed by atoms with Crippen LogP contribution in [0.5, 0.6) is 5.75 Å². The zero-order chi connectivity index (χ0) is 17.0. The van der Waals surface area contributed by atoms with Gasteiger partial charge in [-0.15, -0.1) is 0 Å². The molecule has 1 amide bonds. The molecule has 1 atom stereocenters. The van der Waals surface area contributed by atoms with Gasteiger partial charge in [0.2, 0.25) is 0 Å². The van der Waals surface area contributed by atoms with Gasteiger partial charge in [0.15, 0.2) is 0 Å². The van der Waals surface area contributed by atoms with Crippen molar-refractivity contribution in [2.75, 3.05) is 7.11 Å². The van der Waals surface area contributed by atoms with Gasteiger partial charge >= 0.3 is 6.18 Å². The molecule has 2 rings (SSSR count). The number of carbonyl (C=O) groups excluding carboxylic acids is 1. The number of alkyl halides is 3. The standard InChI is InChI=1S/C17H16F3NO2/c1-11(12-7-4-6-10-15(12)23-2)21-16(22)13-8-3-5-9-14(13)17(18,19)20/h3-11H,1-2H3,(H,21,22)/t11-/m0/s1. The van der Waals surface area contributed by atoms with Gasteiger partial charge in [-0.2, -0.15) is 13.2 Å². The number of methoxy groups -OCH3 is 1. The first-order valence-corrected chi connectivity index (χ1v) is 6.94. The highest BCUT2D eigenvalue weighted by Crippen LogP contribution is 2.32. The molecule has 0 spiro atoms. The van der Waals surface area contributed by atoms with E-state index >= 15 is 0 Å². The first kappa shape index (κ1) is 16.9. The second-order valence-corrected chi connectivity index (χ2v) is 4.98. The highest BCUT2D eigenvalue weighted by Gasteiger charge is 2.35. The zero-order valence-electron chi connectivity index (χ0n) is 12.6. The number of amides is 1. The predicted molar refractivity (Wildman–Crippen MR) is 80.3 cm³/mol. The third-order valence-electron chi connectivity index (χ3n) is 3.43. The summed E-state index contributed by atoms with van der Waals surface area (Å²) in [6.07, 6.45) is -4.58. The number of carbonyl (C=O) groups is 1. The Kier molecular flexibility index (Phi) is 4.93. The van der Waals surface area contributed by atoms with E-state index in [1.807, 2.05) is 0 Å². The van der Waals surface area contributed by atoms with Crippen molar-refractivity contribution < 1.29 is 22.7 Å². The van der Waals surface area contributed by atoms with E-state index in [1.165, 1.54) is 19.2 Å². The summed E-state index contributed by atoms with van der Waals surface area (Å²) in [5.41, 5.74) is -0.667. The van der Waals surface area contributed by atoms with Gasteiger partial charge in [0.1, 0.15) is 5.75 Å². The Hall–Kier alpha value is -2.50. The Morgan fingerprint density at radius 2 is 1.70 bits per heavy atom. The van der Waals surface area contributed by atoms with Crippen molar-refractivity contribution >= 4 is 5.91 Å². The van der Waals surface area contributed by atoms with Gasteiger partial charge in [0, 0.05) is 5.56 Å². The van der Waals surface area contributed by atoms with Crippen LogP contribution in [0.2, 0.25) is 0 Å². The number of benzene rings is 2. The van der Waals surface area contributed by atoms with Gasteiger partial charge in [-0.25, -0.2) is 0 Å². The molecule has 1 N–H and O–H groups in total. The molecular formula is C17H16F3NO2. The van der Waals surface area contributed by atoms with Crippen LogP contribution in [-0.2, 0) is 6.18 Å². The Bertz CT molecular complexity index is 698. The number of nitrogens with one attached hydrogen (secondary N) is 1. The normalized spacial score (nSPS) is 12.6. The third-order valence-corrected chi connectivity index (χ3v) is 3.43. The molecule has 0 saturated heterocycles. The Morgan fingerprint density at radius 3 is 2.35 bits per heavy atom. The minimum Gasteiger partial charge on any atom is -0.496 e. The SMILES string of the molecule is COc1ccccc1[C@H](C)NC(=O)c1ccccc1C(F)(F)F. The summed E-state index contributed by atoms with van der Waals surface area (Å²) in [5, 5.41) is 2.58.